The maximum Gasteiger partial charge on any atom is 0.310 e. The van der Waals surface area contributed by atoms with Crippen molar-refractivity contribution in [2.75, 3.05) is 7.11 Å². The highest BCUT2D eigenvalue weighted by molar-refractivity contribution is 7.90. The molecule has 7 nitrogen and oxygen atoms in total. The number of hydrogen-bond donors (Lipinski definition) is 2. The van der Waals surface area contributed by atoms with Gasteiger partial charge >= 0.3 is 5.97 Å². The van der Waals surface area contributed by atoms with Gasteiger partial charge in [0.2, 0.25) is 15.9 Å². The summed E-state index contributed by atoms with van der Waals surface area (Å²) >= 11 is 0. The Labute approximate surface area is 136 Å². The third-order valence-corrected chi connectivity index (χ3v) is 7.33. The molecule has 2 saturated heterocycles. The second kappa shape index (κ2) is 6.39. The summed E-state index contributed by atoms with van der Waals surface area (Å²) < 4.78 is 32.2. The number of fused-ring (bicyclic) bond motifs is 2. The van der Waals surface area contributed by atoms with Gasteiger partial charge in [-0.3, -0.25) is 14.3 Å². The van der Waals surface area contributed by atoms with E-state index in [1.165, 1.54) is 7.11 Å². The molecule has 0 unspecified atom stereocenters. The number of carbonyl (C=O) groups is 2. The Balaban J connectivity index is 1.70. The lowest BCUT2D eigenvalue weighted by atomic mass is 9.89. The molecule has 0 spiro atoms. The first-order valence-electron chi connectivity index (χ1n) is 8.31. The predicted molar refractivity (Wildman–Crippen MR) is 82.9 cm³/mol. The number of sulfonamides is 1. The van der Waals surface area contributed by atoms with Crippen molar-refractivity contribution in [3.8, 4) is 0 Å². The van der Waals surface area contributed by atoms with E-state index in [0.29, 0.717) is 25.3 Å². The Bertz CT molecular complexity index is 591. The Kier molecular flexibility index (Phi) is 4.64. The summed E-state index contributed by atoms with van der Waals surface area (Å²) in [7, 11) is -2.61. The van der Waals surface area contributed by atoms with Gasteiger partial charge < -0.3 is 10.1 Å². The van der Waals surface area contributed by atoms with Crippen molar-refractivity contribution in [3.63, 3.8) is 0 Å². The zero-order chi connectivity index (χ0) is 16.6. The number of rotatable bonds is 4. The number of carbonyl (C=O) groups excluding carboxylic acids is 2. The molecular weight excluding hydrogens is 320 g/mol. The average Bonchev–Trinajstić information content (AvgIpc) is 3.16. The number of hydrogen-bond acceptors (Lipinski definition) is 6. The normalized spacial score (nSPS) is 36.7. The topological polar surface area (TPSA) is 102 Å². The quantitative estimate of drug-likeness (QED) is 0.712. The maximum absolute atomic E-state index is 12.6. The highest BCUT2D eigenvalue weighted by Crippen LogP contribution is 2.34. The summed E-state index contributed by atoms with van der Waals surface area (Å²) in [5.41, 5.74) is 0. The van der Waals surface area contributed by atoms with Crippen LogP contribution >= 0.6 is 0 Å². The molecule has 0 aromatic carbocycles. The van der Waals surface area contributed by atoms with Crippen molar-refractivity contribution in [3.05, 3.63) is 0 Å². The third-order valence-electron chi connectivity index (χ3n) is 5.48. The molecule has 0 aromatic heterocycles. The number of esters is 1. The standard InChI is InChI=1S/C15H24N2O5S/c1-22-15(19)10-4-2-3-5-13(10)23(20,21)17-14(18)11-8-9-6-7-12(11)16-9/h9-13,16H,2-8H2,1H3,(H,17,18)/t9-,10+,11+,12+,13-/m0/s1. The fraction of sp³-hybridized carbons (Fsp3) is 0.867. The second-order valence-electron chi connectivity index (χ2n) is 6.85. The zero-order valence-electron chi connectivity index (χ0n) is 13.3. The van der Waals surface area contributed by atoms with Crippen LogP contribution in [0, 0.1) is 11.8 Å². The summed E-state index contributed by atoms with van der Waals surface area (Å²) in [4.78, 5) is 24.3. The van der Waals surface area contributed by atoms with E-state index in [1.54, 1.807) is 0 Å². The van der Waals surface area contributed by atoms with Crippen LogP contribution < -0.4 is 10.0 Å². The number of methoxy groups -OCH3 is 1. The van der Waals surface area contributed by atoms with Crippen LogP contribution in [0.5, 0.6) is 0 Å². The molecule has 3 fully saturated rings. The summed E-state index contributed by atoms with van der Waals surface area (Å²) in [5.74, 6) is -1.91. The minimum atomic E-state index is -3.87. The molecule has 1 aliphatic carbocycles. The van der Waals surface area contributed by atoms with Crippen molar-refractivity contribution >= 4 is 21.9 Å². The molecule has 1 saturated carbocycles. The molecule has 23 heavy (non-hydrogen) atoms. The summed E-state index contributed by atoms with van der Waals surface area (Å²) in [5, 5.41) is 2.45. The minimum absolute atomic E-state index is 0.0814. The number of amides is 1. The van der Waals surface area contributed by atoms with Gasteiger partial charge in [0.05, 0.1) is 24.2 Å². The van der Waals surface area contributed by atoms with Crippen LogP contribution in [0.25, 0.3) is 0 Å². The van der Waals surface area contributed by atoms with Gasteiger partial charge in [0, 0.05) is 12.1 Å². The lowest BCUT2D eigenvalue weighted by Gasteiger charge is -2.30. The molecule has 2 heterocycles. The van der Waals surface area contributed by atoms with E-state index < -0.39 is 33.1 Å². The van der Waals surface area contributed by atoms with Gasteiger partial charge in [0.15, 0.2) is 0 Å². The van der Waals surface area contributed by atoms with Crippen LogP contribution in [0.2, 0.25) is 0 Å². The highest BCUT2D eigenvalue weighted by Gasteiger charge is 2.46. The second-order valence-corrected chi connectivity index (χ2v) is 8.75. The molecular formula is C15H24N2O5S. The minimum Gasteiger partial charge on any atom is -0.469 e. The van der Waals surface area contributed by atoms with Crippen molar-refractivity contribution in [2.24, 2.45) is 11.8 Å². The maximum atomic E-state index is 12.6. The lowest BCUT2D eigenvalue weighted by Crippen LogP contribution is -2.48. The van der Waals surface area contributed by atoms with Crippen LogP contribution in [0.4, 0.5) is 0 Å². The van der Waals surface area contributed by atoms with E-state index in [4.69, 9.17) is 4.74 Å². The molecule has 2 aliphatic heterocycles. The zero-order valence-corrected chi connectivity index (χ0v) is 14.1. The van der Waals surface area contributed by atoms with E-state index in [0.717, 1.165) is 25.7 Å². The largest absolute Gasteiger partial charge is 0.469 e. The van der Waals surface area contributed by atoms with Gasteiger partial charge in [-0.05, 0) is 32.1 Å². The Morgan fingerprint density at radius 1 is 1.09 bits per heavy atom. The van der Waals surface area contributed by atoms with E-state index >= 15 is 0 Å². The average molecular weight is 344 g/mol. The fourth-order valence-corrected chi connectivity index (χ4v) is 6.03. The van der Waals surface area contributed by atoms with Crippen LogP contribution in [0.3, 0.4) is 0 Å². The molecule has 8 heteroatoms. The van der Waals surface area contributed by atoms with Crippen LogP contribution in [-0.4, -0.2) is 44.7 Å². The number of nitrogens with one attached hydrogen (secondary N) is 2. The molecule has 3 rings (SSSR count). The highest BCUT2D eigenvalue weighted by atomic mass is 32.2. The Hall–Kier alpha value is -1.15. The first-order valence-corrected chi connectivity index (χ1v) is 9.86. The van der Waals surface area contributed by atoms with E-state index in [9.17, 15) is 18.0 Å². The summed E-state index contributed by atoms with van der Waals surface area (Å²) in [6, 6.07) is 0.411. The molecule has 5 atom stereocenters. The Morgan fingerprint density at radius 3 is 2.43 bits per heavy atom. The molecule has 2 bridgehead atoms. The van der Waals surface area contributed by atoms with Crippen LogP contribution in [-0.2, 0) is 24.3 Å². The lowest BCUT2D eigenvalue weighted by molar-refractivity contribution is -0.146. The van der Waals surface area contributed by atoms with Crippen LogP contribution in [0.1, 0.15) is 44.9 Å². The number of ether oxygens (including phenoxy) is 1. The van der Waals surface area contributed by atoms with Gasteiger partial charge in [0.1, 0.15) is 0 Å². The molecule has 3 aliphatic rings. The molecule has 2 N–H and O–H groups in total. The molecule has 1 amide bonds. The van der Waals surface area contributed by atoms with Crippen molar-refractivity contribution in [2.45, 2.75) is 62.3 Å². The summed E-state index contributed by atoms with van der Waals surface area (Å²) in [6.07, 6.45) is 5.07. The van der Waals surface area contributed by atoms with Gasteiger partial charge in [-0.15, -0.1) is 0 Å². The van der Waals surface area contributed by atoms with Crippen LogP contribution in [0.15, 0.2) is 0 Å². The van der Waals surface area contributed by atoms with Gasteiger partial charge in [-0.25, -0.2) is 8.42 Å². The smallest absolute Gasteiger partial charge is 0.310 e. The van der Waals surface area contributed by atoms with Gasteiger partial charge in [-0.2, -0.15) is 0 Å². The van der Waals surface area contributed by atoms with Gasteiger partial charge in [0.25, 0.3) is 0 Å². The monoisotopic (exact) mass is 344 g/mol. The molecule has 0 radical (unpaired) electrons. The SMILES string of the molecule is COC(=O)[C@@H]1CCCC[C@@H]1S(=O)(=O)NC(=O)[C@@H]1C[C@@H]2CC[C@H]1N2. The van der Waals surface area contributed by atoms with Crippen molar-refractivity contribution in [1.82, 2.24) is 10.0 Å². The van der Waals surface area contributed by atoms with E-state index in [-0.39, 0.29) is 12.0 Å². The molecule has 130 valence electrons. The van der Waals surface area contributed by atoms with Crippen molar-refractivity contribution < 1.29 is 22.7 Å². The van der Waals surface area contributed by atoms with Crippen molar-refractivity contribution in [1.29, 1.82) is 0 Å². The van der Waals surface area contributed by atoms with Gasteiger partial charge in [-0.1, -0.05) is 12.8 Å². The van der Waals surface area contributed by atoms with E-state index in [1.807, 2.05) is 0 Å². The summed E-state index contributed by atoms with van der Waals surface area (Å²) in [6.45, 7) is 0. The van der Waals surface area contributed by atoms with E-state index in [2.05, 4.69) is 10.0 Å². The first-order chi connectivity index (χ1) is 10.9. The Morgan fingerprint density at radius 2 is 1.83 bits per heavy atom. The predicted octanol–water partition coefficient (Wildman–Crippen LogP) is 0.305. The third kappa shape index (κ3) is 3.24. The first kappa shape index (κ1) is 16.7. The molecule has 0 aromatic rings. The fourth-order valence-electron chi connectivity index (χ4n) is 4.29.